The quantitative estimate of drug-likeness (QED) is 0.356. The maximum atomic E-state index is 11.2. The predicted molar refractivity (Wildman–Crippen MR) is 59.1 cm³/mol. The van der Waals surface area contributed by atoms with Crippen LogP contribution in [0.15, 0.2) is 12.2 Å². The Labute approximate surface area is 87.3 Å². The molecule has 0 aromatic heterocycles. The minimum atomic E-state index is -0.206. The van der Waals surface area contributed by atoms with E-state index < -0.39 is 0 Å². The number of hydrogen-bond acceptors (Lipinski definition) is 2. The summed E-state index contributed by atoms with van der Waals surface area (Å²) >= 11 is 0. The first-order valence-electron chi connectivity index (χ1n) is 5.57. The zero-order valence-electron chi connectivity index (χ0n) is 9.58. The molecule has 82 valence electrons. The van der Waals surface area contributed by atoms with Crippen molar-refractivity contribution in [1.82, 2.24) is 0 Å². The number of allylic oxidation sites excluding steroid dienone is 1. The highest BCUT2D eigenvalue weighted by molar-refractivity contribution is 5.81. The highest BCUT2D eigenvalue weighted by Crippen LogP contribution is 2.02. The summed E-state index contributed by atoms with van der Waals surface area (Å²) in [5, 5.41) is 0. The van der Waals surface area contributed by atoms with Crippen LogP contribution >= 0.6 is 0 Å². The Morgan fingerprint density at radius 1 is 1.36 bits per heavy atom. The minimum absolute atomic E-state index is 0.0447. The molecule has 0 saturated carbocycles. The zero-order chi connectivity index (χ0) is 10.8. The fourth-order valence-electron chi connectivity index (χ4n) is 1.20. The topological polar surface area (TPSA) is 26.3 Å². The Morgan fingerprint density at radius 3 is 2.64 bits per heavy atom. The molecule has 0 saturated heterocycles. The van der Waals surface area contributed by atoms with Crippen LogP contribution in [0.1, 0.15) is 52.9 Å². The number of rotatable bonds is 7. The van der Waals surface area contributed by atoms with Gasteiger partial charge in [-0.2, -0.15) is 0 Å². The van der Waals surface area contributed by atoms with Gasteiger partial charge in [0, 0.05) is 6.08 Å². The van der Waals surface area contributed by atoms with E-state index in [1.165, 1.54) is 0 Å². The largest absolute Gasteiger partial charge is 0.460 e. The van der Waals surface area contributed by atoms with E-state index >= 15 is 0 Å². The molecular formula is C12H22O2. The molecule has 1 unspecified atom stereocenters. The molecule has 0 fully saturated rings. The van der Waals surface area contributed by atoms with E-state index in [9.17, 15) is 4.79 Å². The Hall–Kier alpha value is -0.790. The molecule has 0 aliphatic heterocycles. The van der Waals surface area contributed by atoms with Crippen LogP contribution in [0.4, 0.5) is 0 Å². The second-order valence-electron chi connectivity index (χ2n) is 3.58. The van der Waals surface area contributed by atoms with E-state index in [1.54, 1.807) is 6.08 Å². The maximum Gasteiger partial charge on any atom is 0.330 e. The van der Waals surface area contributed by atoms with Crippen molar-refractivity contribution in [3.05, 3.63) is 12.2 Å². The van der Waals surface area contributed by atoms with Crippen LogP contribution < -0.4 is 0 Å². The van der Waals surface area contributed by atoms with Crippen molar-refractivity contribution in [3.8, 4) is 0 Å². The molecule has 0 heterocycles. The van der Waals surface area contributed by atoms with Crippen molar-refractivity contribution < 1.29 is 9.53 Å². The van der Waals surface area contributed by atoms with Gasteiger partial charge >= 0.3 is 5.97 Å². The van der Waals surface area contributed by atoms with Gasteiger partial charge in [-0.1, -0.05) is 39.2 Å². The van der Waals surface area contributed by atoms with E-state index in [0.29, 0.717) is 0 Å². The highest BCUT2D eigenvalue weighted by Gasteiger charge is 2.04. The first-order valence-corrected chi connectivity index (χ1v) is 5.57. The van der Waals surface area contributed by atoms with E-state index in [0.717, 1.165) is 32.1 Å². The smallest absolute Gasteiger partial charge is 0.330 e. The standard InChI is InChI=1S/C12H22O2/c1-4-6-7-8-10-12(13)14-11(3)9-5-2/h8,10-11H,4-7,9H2,1-3H3/b10-8+. The van der Waals surface area contributed by atoms with Crippen molar-refractivity contribution in [2.75, 3.05) is 0 Å². The monoisotopic (exact) mass is 198 g/mol. The Kier molecular flexibility index (Phi) is 8.30. The third kappa shape index (κ3) is 7.84. The van der Waals surface area contributed by atoms with Gasteiger partial charge in [-0.3, -0.25) is 0 Å². The van der Waals surface area contributed by atoms with Crippen molar-refractivity contribution >= 4 is 5.97 Å². The molecule has 2 heteroatoms. The summed E-state index contributed by atoms with van der Waals surface area (Å²) in [5.41, 5.74) is 0. The third-order valence-corrected chi connectivity index (χ3v) is 1.99. The van der Waals surface area contributed by atoms with Crippen molar-refractivity contribution in [3.63, 3.8) is 0 Å². The van der Waals surface area contributed by atoms with Crippen LogP contribution in [0, 0.1) is 0 Å². The molecule has 1 atom stereocenters. The SMILES string of the molecule is CCCC/C=C/C(=O)OC(C)CCC. The van der Waals surface area contributed by atoms with Gasteiger partial charge in [-0.15, -0.1) is 0 Å². The second-order valence-corrected chi connectivity index (χ2v) is 3.58. The maximum absolute atomic E-state index is 11.2. The van der Waals surface area contributed by atoms with Crippen LogP contribution in [0.5, 0.6) is 0 Å². The molecular weight excluding hydrogens is 176 g/mol. The molecule has 0 spiro atoms. The number of esters is 1. The molecule has 0 N–H and O–H groups in total. The van der Waals surface area contributed by atoms with Crippen molar-refractivity contribution in [2.45, 2.75) is 59.0 Å². The first-order chi connectivity index (χ1) is 6.70. The van der Waals surface area contributed by atoms with Gasteiger partial charge < -0.3 is 4.74 Å². The fraction of sp³-hybridized carbons (Fsp3) is 0.750. The molecule has 0 radical (unpaired) electrons. The molecule has 14 heavy (non-hydrogen) atoms. The fourth-order valence-corrected chi connectivity index (χ4v) is 1.20. The molecule has 0 aliphatic rings. The average Bonchev–Trinajstić information content (AvgIpc) is 2.13. The number of ether oxygens (including phenoxy) is 1. The summed E-state index contributed by atoms with van der Waals surface area (Å²) in [7, 11) is 0. The lowest BCUT2D eigenvalue weighted by Gasteiger charge is -2.09. The zero-order valence-corrected chi connectivity index (χ0v) is 9.58. The van der Waals surface area contributed by atoms with E-state index in [2.05, 4.69) is 13.8 Å². The molecule has 0 aromatic carbocycles. The van der Waals surface area contributed by atoms with E-state index in [1.807, 2.05) is 13.0 Å². The normalized spacial score (nSPS) is 13.1. The van der Waals surface area contributed by atoms with Gasteiger partial charge in [0.25, 0.3) is 0 Å². The average molecular weight is 198 g/mol. The lowest BCUT2D eigenvalue weighted by atomic mass is 10.2. The van der Waals surface area contributed by atoms with Gasteiger partial charge in [0.2, 0.25) is 0 Å². The van der Waals surface area contributed by atoms with Gasteiger partial charge in [0.1, 0.15) is 0 Å². The van der Waals surface area contributed by atoms with Crippen molar-refractivity contribution in [1.29, 1.82) is 0 Å². The number of unbranched alkanes of at least 4 members (excludes halogenated alkanes) is 2. The molecule has 0 bridgehead atoms. The number of carbonyl (C=O) groups excluding carboxylic acids is 1. The van der Waals surface area contributed by atoms with Crippen molar-refractivity contribution in [2.24, 2.45) is 0 Å². The molecule has 2 nitrogen and oxygen atoms in total. The van der Waals surface area contributed by atoms with E-state index in [4.69, 9.17) is 4.74 Å². The lowest BCUT2D eigenvalue weighted by Crippen LogP contribution is -2.12. The summed E-state index contributed by atoms with van der Waals surface area (Å²) in [6.45, 7) is 6.15. The molecule has 0 aliphatic carbocycles. The van der Waals surface area contributed by atoms with Crippen LogP contribution in [-0.4, -0.2) is 12.1 Å². The van der Waals surface area contributed by atoms with E-state index in [-0.39, 0.29) is 12.1 Å². The van der Waals surface area contributed by atoms with Crippen LogP contribution in [-0.2, 0) is 9.53 Å². The van der Waals surface area contributed by atoms with Crippen LogP contribution in [0.25, 0.3) is 0 Å². The predicted octanol–water partition coefficient (Wildman–Crippen LogP) is 3.46. The van der Waals surface area contributed by atoms with Gasteiger partial charge in [0.15, 0.2) is 0 Å². The molecule has 0 rings (SSSR count). The van der Waals surface area contributed by atoms with Gasteiger partial charge in [0.05, 0.1) is 6.10 Å². The molecule has 0 amide bonds. The summed E-state index contributed by atoms with van der Waals surface area (Å²) in [6.07, 6.45) is 8.73. The third-order valence-electron chi connectivity index (χ3n) is 1.99. The summed E-state index contributed by atoms with van der Waals surface area (Å²) < 4.78 is 5.15. The summed E-state index contributed by atoms with van der Waals surface area (Å²) in [4.78, 5) is 11.2. The highest BCUT2D eigenvalue weighted by atomic mass is 16.5. The second kappa shape index (κ2) is 8.79. The van der Waals surface area contributed by atoms with Crippen LogP contribution in [0.3, 0.4) is 0 Å². The Morgan fingerprint density at radius 2 is 2.07 bits per heavy atom. The number of hydrogen-bond donors (Lipinski definition) is 0. The summed E-state index contributed by atoms with van der Waals surface area (Å²) in [6, 6.07) is 0. The van der Waals surface area contributed by atoms with Gasteiger partial charge in [-0.05, 0) is 19.8 Å². The number of carbonyl (C=O) groups is 1. The van der Waals surface area contributed by atoms with Crippen LogP contribution in [0.2, 0.25) is 0 Å². The molecule has 0 aromatic rings. The first kappa shape index (κ1) is 13.2. The Balaban J connectivity index is 3.58. The lowest BCUT2D eigenvalue weighted by molar-refractivity contribution is -0.142. The van der Waals surface area contributed by atoms with Gasteiger partial charge in [-0.25, -0.2) is 4.79 Å². The minimum Gasteiger partial charge on any atom is -0.460 e. The summed E-state index contributed by atoms with van der Waals surface area (Å²) in [5.74, 6) is -0.206. The Bertz CT molecular complexity index is 173.